The van der Waals surface area contributed by atoms with Gasteiger partial charge in [-0.1, -0.05) is 12.8 Å². The predicted octanol–water partition coefficient (Wildman–Crippen LogP) is 2.40. The van der Waals surface area contributed by atoms with E-state index in [1.54, 1.807) is 0 Å². The molecule has 2 saturated heterocycles. The van der Waals surface area contributed by atoms with Crippen LogP contribution in [0.2, 0.25) is 0 Å². The fraction of sp³-hybridized carbons (Fsp3) is 0.720. The van der Waals surface area contributed by atoms with Crippen LogP contribution >= 0.6 is 0 Å². The van der Waals surface area contributed by atoms with Gasteiger partial charge in [-0.25, -0.2) is 19.3 Å². The Morgan fingerprint density at radius 1 is 1.18 bits per heavy atom. The quantitative estimate of drug-likeness (QED) is 0.632. The molecule has 9 heteroatoms. The largest absolute Gasteiger partial charge is 0.355 e. The molecule has 4 N–H and O–H groups in total. The summed E-state index contributed by atoms with van der Waals surface area (Å²) < 4.78 is 16.0. The van der Waals surface area contributed by atoms with Crippen molar-refractivity contribution in [1.29, 1.82) is 0 Å². The van der Waals surface area contributed by atoms with Gasteiger partial charge in [-0.2, -0.15) is 5.10 Å². The van der Waals surface area contributed by atoms with Crippen molar-refractivity contribution in [3.8, 4) is 0 Å². The molecule has 0 radical (unpaired) electrons. The van der Waals surface area contributed by atoms with Gasteiger partial charge in [-0.3, -0.25) is 10.2 Å². The average molecular weight is 470 g/mol. The van der Waals surface area contributed by atoms with E-state index < -0.39 is 6.17 Å². The molecule has 7 atom stereocenters. The molecule has 0 bridgehead atoms. The second kappa shape index (κ2) is 8.84. The third kappa shape index (κ3) is 3.91. The summed E-state index contributed by atoms with van der Waals surface area (Å²) in [6.07, 6.45) is 8.05. The van der Waals surface area contributed by atoms with Crippen LogP contribution in [-0.2, 0) is 4.79 Å². The lowest BCUT2D eigenvalue weighted by Gasteiger charge is -2.34. The van der Waals surface area contributed by atoms with Crippen LogP contribution in [0.5, 0.6) is 0 Å². The van der Waals surface area contributed by atoms with Crippen molar-refractivity contribution < 1.29 is 9.18 Å². The van der Waals surface area contributed by atoms with Crippen molar-refractivity contribution in [2.45, 2.75) is 88.5 Å². The van der Waals surface area contributed by atoms with Crippen LogP contribution in [0, 0.1) is 18.8 Å². The number of rotatable bonds is 4. The number of nitrogens with two attached hydrogens (primary N) is 1. The average Bonchev–Trinajstić information content (AvgIpc) is 3.55. The number of nitrogens with zero attached hydrogens (tertiary/aromatic N) is 4. The molecule has 5 unspecified atom stereocenters. The van der Waals surface area contributed by atoms with Crippen LogP contribution in [0.1, 0.15) is 68.5 Å². The van der Waals surface area contributed by atoms with Crippen LogP contribution in [-0.4, -0.2) is 57.8 Å². The summed E-state index contributed by atoms with van der Waals surface area (Å²) in [5, 5.41) is 4.90. The molecule has 2 aliphatic heterocycles. The highest BCUT2D eigenvalue weighted by Crippen LogP contribution is 2.41. The van der Waals surface area contributed by atoms with Crippen LogP contribution in [0.4, 0.5) is 10.2 Å². The monoisotopic (exact) mass is 469 g/mol. The lowest BCUT2D eigenvalue weighted by Crippen LogP contribution is -2.45. The van der Waals surface area contributed by atoms with Crippen LogP contribution in [0.15, 0.2) is 12.3 Å². The third-order valence-corrected chi connectivity index (χ3v) is 8.65. The summed E-state index contributed by atoms with van der Waals surface area (Å²) >= 11 is 0. The number of anilines is 1. The number of hydrazine groups is 1. The maximum Gasteiger partial charge on any atom is 0.157 e. The van der Waals surface area contributed by atoms with E-state index in [1.165, 1.54) is 0 Å². The Hall–Kier alpha value is -2.10. The minimum absolute atomic E-state index is 0.0404. The summed E-state index contributed by atoms with van der Waals surface area (Å²) in [6.45, 7) is 3.82. The first kappa shape index (κ1) is 22.4. The first-order valence-electron chi connectivity index (χ1n) is 13.0. The zero-order chi connectivity index (χ0) is 23.4. The summed E-state index contributed by atoms with van der Waals surface area (Å²) in [7, 11) is 0. The first-order valence-corrected chi connectivity index (χ1v) is 13.0. The molecular weight excluding hydrogens is 433 g/mol. The van der Waals surface area contributed by atoms with Gasteiger partial charge in [0.25, 0.3) is 0 Å². The summed E-state index contributed by atoms with van der Waals surface area (Å²) in [5.41, 5.74) is 15.5. The van der Waals surface area contributed by atoms with Crippen molar-refractivity contribution in [1.82, 2.24) is 25.4 Å². The Labute approximate surface area is 199 Å². The number of Topliss-reactive ketones (excluding diaryl/α,β-unsaturated/α-hetero) is 1. The molecule has 0 spiro atoms. The van der Waals surface area contributed by atoms with Gasteiger partial charge >= 0.3 is 0 Å². The molecule has 2 aliphatic carbocycles. The van der Waals surface area contributed by atoms with Crippen molar-refractivity contribution >= 4 is 17.2 Å². The number of nitrogens with one attached hydrogen (secondary N) is 2. The van der Waals surface area contributed by atoms with Gasteiger partial charge in [0, 0.05) is 60.8 Å². The Kier molecular flexibility index (Phi) is 5.82. The Morgan fingerprint density at radius 2 is 2.03 bits per heavy atom. The molecule has 0 aromatic carbocycles. The molecule has 4 heterocycles. The molecule has 2 saturated carbocycles. The lowest BCUT2D eigenvalue weighted by atomic mass is 9.70. The minimum atomic E-state index is -0.799. The van der Waals surface area contributed by atoms with Gasteiger partial charge in [0.05, 0.1) is 11.7 Å². The van der Waals surface area contributed by atoms with E-state index in [9.17, 15) is 9.18 Å². The van der Waals surface area contributed by atoms with Crippen molar-refractivity contribution in [2.24, 2.45) is 17.6 Å². The van der Waals surface area contributed by atoms with E-state index in [4.69, 9.17) is 15.8 Å². The molecular formula is C25H36FN7O. The molecule has 0 amide bonds. The van der Waals surface area contributed by atoms with Gasteiger partial charge in [-0.05, 0) is 45.4 Å². The summed E-state index contributed by atoms with van der Waals surface area (Å²) in [5.74, 6) is 1.24. The second-order valence-electron chi connectivity index (χ2n) is 11.0. The SMILES string of the molecule is Cc1cn2nc([C@@H]3CCCCC3C(=O)C3NNC4CCC(F)CC43)cc2nc1N1CC[C@H](N)C1. The standard InChI is InChI=1S/C25H36FN7O/c1-14-12-33-22(28-25(14)32-9-8-16(27)13-32)11-21(31-33)17-4-2-3-5-18(17)24(34)23-19-10-15(26)6-7-20(19)29-30-23/h11-12,15-20,23,29-30H,2-10,13,27H2,1H3/t15?,16-,17+,18?,19?,20?,23?/m0/s1. The van der Waals surface area contributed by atoms with Crippen LogP contribution in [0.3, 0.4) is 0 Å². The van der Waals surface area contributed by atoms with E-state index >= 15 is 0 Å². The molecule has 2 aromatic heterocycles. The van der Waals surface area contributed by atoms with E-state index in [-0.39, 0.29) is 41.7 Å². The Bertz CT molecular complexity index is 1070. The number of alkyl halides is 1. The van der Waals surface area contributed by atoms with Crippen LogP contribution in [0.25, 0.3) is 5.65 Å². The van der Waals surface area contributed by atoms with E-state index in [2.05, 4.69) is 28.7 Å². The predicted molar refractivity (Wildman–Crippen MR) is 128 cm³/mol. The summed E-state index contributed by atoms with van der Waals surface area (Å²) in [4.78, 5) is 21.0. The fourth-order valence-corrected chi connectivity index (χ4v) is 6.84. The molecule has 6 rings (SSSR count). The van der Waals surface area contributed by atoms with Gasteiger partial charge in [0.2, 0.25) is 0 Å². The second-order valence-corrected chi connectivity index (χ2v) is 11.0. The van der Waals surface area contributed by atoms with E-state index in [1.807, 2.05) is 10.7 Å². The van der Waals surface area contributed by atoms with Crippen molar-refractivity contribution in [3.05, 3.63) is 23.5 Å². The highest BCUT2D eigenvalue weighted by atomic mass is 19.1. The third-order valence-electron chi connectivity index (χ3n) is 8.65. The first-order chi connectivity index (χ1) is 16.5. The molecule has 34 heavy (non-hydrogen) atoms. The Balaban J connectivity index is 1.27. The number of fused-ring (bicyclic) bond motifs is 2. The molecule has 2 aromatic rings. The fourth-order valence-electron chi connectivity index (χ4n) is 6.84. The number of hydrogen-bond donors (Lipinski definition) is 3. The number of carbonyl (C=O) groups is 1. The topological polar surface area (TPSA) is 101 Å². The van der Waals surface area contributed by atoms with Gasteiger partial charge < -0.3 is 10.6 Å². The smallest absolute Gasteiger partial charge is 0.157 e. The van der Waals surface area contributed by atoms with Crippen molar-refractivity contribution in [3.63, 3.8) is 0 Å². The molecule has 4 fully saturated rings. The van der Waals surface area contributed by atoms with Gasteiger partial charge in [0.1, 0.15) is 12.0 Å². The highest BCUT2D eigenvalue weighted by molar-refractivity contribution is 5.88. The number of carbonyl (C=O) groups excluding carboxylic acids is 1. The summed E-state index contributed by atoms with van der Waals surface area (Å²) in [6, 6.07) is 2.15. The Morgan fingerprint density at radius 3 is 2.85 bits per heavy atom. The molecule has 8 nitrogen and oxygen atoms in total. The van der Waals surface area contributed by atoms with E-state index in [0.717, 1.165) is 74.3 Å². The normalized spacial score (nSPS) is 36.2. The number of aromatic nitrogens is 3. The van der Waals surface area contributed by atoms with Gasteiger partial charge in [0.15, 0.2) is 11.4 Å². The lowest BCUT2D eigenvalue weighted by molar-refractivity contribution is -0.127. The molecule has 184 valence electrons. The molecule has 4 aliphatic rings. The maximum atomic E-state index is 14.2. The van der Waals surface area contributed by atoms with Crippen LogP contribution < -0.4 is 21.5 Å². The number of hydrogen-bond acceptors (Lipinski definition) is 7. The maximum absolute atomic E-state index is 14.2. The number of halogens is 1. The van der Waals surface area contributed by atoms with E-state index in [0.29, 0.717) is 12.8 Å². The zero-order valence-corrected chi connectivity index (χ0v) is 19.9. The van der Waals surface area contributed by atoms with Crippen molar-refractivity contribution in [2.75, 3.05) is 18.0 Å². The minimum Gasteiger partial charge on any atom is -0.355 e. The van der Waals surface area contributed by atoms with Gasteiger partial charge in [-0.15, -0.1) is 0 Å². The number of ketones is 1. The highest BCUT2D eigenvalue weighted by Gasteiger charge is 2.47. The number of aryl methyl sites for hydroxylation is 1. The zero-order valence-electron chi connectivity index (χ0n) is 19.9.